The molecule has 2 atom stereocenters. The molecule has 0 aromatic carbocycles. The maximum atomic E-state index is 10.4. The minimum Gasteiger partial charge on any atom is -0.391 e. The molecule has 1 heterocycles. The zero-order chi connectivity index (χ0) is 13.7. The molecule has 2 fully saturated rings. The Hall–Kier alpha value is -0.120. The van der Waals surface area contributed by atoms with Crippen LogP contribution in [0.4, 0.5) is 0 Å². The number of likely N-dealkylation sites (N-methyl/N-ethyl adjacent to an activating group) is 1. The van der Waals surface area contributed by atoms with Crippen molar-refractivity contribution in [2.45, 2.75) is 76.5 Å². The molecule has 0 bridgehead atoms. The predicted molar refractivity (Wildman–Crippen MR) is 80.4 cm³/mol. The van der Waals surface area contributed by atoms with Crippen LogP contribution in [0, 0.1) is 0 Å². The molecule has 0 amide bonds. The zero-order valence-corrected chi connectivity index (χ0v) is 12.9. The maximum Gasteiger partial charge on any atom is 0.0695 e. The Balaban J connectivity index is 1.87. The van der Waals surface area contributed by atoms with Crippen molar-refractivity contribution in [3.05, 3.63) is 0 Å². The van der Waals surface area contributed by atoms with Crippen LogP contribution < -0.4 is 0 Å². The molecule has 2 unspecified atom stereocenters. The first-order valence-corrected chi connectivity index (χ1v) is 8.34. The van der Waals surface area contributed by atoms with Gasteiger partial charge < -0.3 is 10.0 Å². The molecule has 1 saturated carbocycles. The number of likely N-dealkylation sites (tertiary alicyclic amines) is 1. The Bertz CT molecular complexity index is 251. The van der Waals surface area contributed by atoms with E-state index in [1.165, 1.54) is 64.6 Å². The highest BCUT2D eigenvalue weighted by molar-refractivity contribution is 4.86. The summed E-state index contributed by atoms with van der Waals surface area (Å²) in [5.41, 5.74) is 0. The number of rotatable bonds is 3. The molecule has 0 radical (unpaired) electrons. The zero-order valence-electron chi connectivity index (χ0n) is 12.9. The molecule has 1 aliphatic heterocycles. The molecule has 1 aliphatic carbocycles. The third kappa shape index (κ3) is 4.17. The normalized spacial score (nSPS) is 32.2. The van der Waals surface area contributed by atoms with Gasteiger partial charge in [-0.05, 0) is 52.4 Å². The lowest BCUT2D eigenvalue weighted by Gasteiger charge is -2.42. The summed E-state index contributed by atoms with van der Waals surface area (Å²) in [4.78, 5) is 5.06. The van der Waals surface area contributed by atoms with Crippen molar-refractivity contribution in [2.24, 2.45) is 0 Å². The van der Waals surface area contributed by atoms with Gasteiger partial charge in [0.25, 0.3) is 0 Å². The van der Waals surface area contributed by atoms with Gasteiger partial charge in [0.2, 0.25) is 0 Å². The van der Waals surface area contributed by atoms with Crippen molar-refractivity contribution in [2.75, 3.05) is 26.7 Å². The van der Waals surface area contributed by atoms with E-state index in [0.29, 0.717) is 12.1 Å². The summed E-state index contributed by atoms with van der Waals surface area (Å²) < 4.78 is 0. The monoisotopic (exact) mass is 268 g/mol. The fourth-order valence-electron chi connectivity index (χ4n) is 3.83. The summed E-state index contributed by atoms with van der Waals surface area (Å²) in [6.45, 7) is 5.90. The van der Waals surface area contributed by atoms with E-state index >= 15 is 0 Å². The summed E-state index contributed by atoms with van der Waals surface area (Å²) in [5, 5.41) is 10.4. The van der Waals surface area contributed by atoms with E-state index in [1.54, 1.807) is 0 Å². The van der Waals surface area contributed by atoms with E-state index in [0.717, 1.165) is 6.42 Å². The van der Waals surface area contributed by atoms with Gasteiger partial charge >= 0.3 is 0 Å². The highest BCUT2D eigenvalue weighted by Crippen LogP contribution is 2.25. The fraction of sp³-hybridized carbons (Fsp3) is 1.00. The van der Waals surface area contributed by atoms with E-state index in [-0.39, 0.29) is 6.10 Å². The smallest absolute Gasteiger partial charge is 0.0695 e. The van der Waals surface area contributed by atoms with Crippen LogP contribution in [0.2, 0.25) is 0 Å². The summed E-state index contributed by atoms with van der Waals surface area (Å²) in [7, 11) is 2.25. The van der Waals surface area contributed by atoms with Gasteiger partial charge in [0.1, 0.15) is 0 Å². The molecular formula is C16H32N2O. The number of aliphatic hydroxyl groups is 1. The van der Waals surface area contributed by atoms with E-state index < -0.39 is 0 Å². The first kappa shape index (κ1) is 15.3. The Kier molecular flexibility index (Phi) is 6.11. The first-order valence-electron chi connectivity index (χ1n) is 8.34. The molecule has 3 heteroatoms. The molecule has 1 N–H and O–H groups in total. The maximum absolute atomic E-state index is 10.4. The molecule has 2 aliphatic rings. The minimum absolute atomic E-state index is 0.102. The summed E-state index contributed by atoms with van der Waals surface area (Å²) in [6, 6.07) is 1.08. The number of aliphatic hydroxyl groups excluding tert-OH is 1. The van der Waals surface area contributed by atoms with Gasteiger partial charge in [0, 0.05) is 12.1 Å². The summed E-state index contributed by atoms with van der Waals surface area (Å²) in [6.07, 6.45) is 9.79. The quantitative estimate of drug-likeness (QED) is 0.852. The van der Waals surface area contributed by atoms with Crippen LogP contribution in [0.3, 0.4) is 0 Å². The van der Waals surface area contributed by atoms with E-state index in [1.807, 2.05) is 0 Å². The van der Waals surface area contributed by atoms with E-state index in [2.05, 4.69) is 23.8 Å². The third-order valence-electron chi connectivity index (χ3n) is 5.30. The standard InChI is InChI=1S/C16H32N2O/c1-3-18-12-10-14(11-13-18)17(2)15-8-6-4-5-7-9-16(15)19/h14-16,19H,3-13H2,1-2H3. The third-order valence-corrected chi connectivity index (χ3v) is 5.30. The summed E-state index contributed by atoms with van der Waals surface area (Å²) in [5.74, 6) is 0. The highest BCUT2D eigenvalue weighted by atomic mass is 16.3. The Labute approximate surface area is 119 Å². The summed E-state index contributed by atoms with van der Waals surface area (Å²) >= 11 is 0. The molecule has 19 heavy (non-hydrogen) atoms. The largest absolute Gasteiger partial charge is 0.391 e. The molecule has 0 spiro atoms. The van der Waals surface area contributed by atoms with Gasteiger partial charge in [0.05, 0.1) is 6.10 Å². The van der Waals surface area contributed by atoms with Crippen molar-refractivity contribution in [3.8, 4) is 0 Å². The molecular weight excluding hydrogens is 236 g/mol. The molecule has 0 aromatic rings. The number of hydrogen-bond donors (Lipinski definition) is 1. The van der Waals surface area contributed by atoms with Gasteiger partial charge in [-0.25, -0.2) is 0 Å². The Morgan fingerprint density at radius 2 is 1.63 bits per heavy atom. The average Bonchev–Trinajstić information content (AvgIpc) is 2.43. The molecule has 1 saturated heterocycles. The second-order valence-electron chi connectivity index (χ2n) is 6.46. The van der Waals surface area contributed by atoms with Crippen molar-refractivity contribution < 1.29 is 5.11 Å². The number of hydrogen-bond acceptors (Lipinski definition) is 3. The van der Waals surface area contributed by atoms with Crippen LogP contribution in [-0.4, -0.2) is 59.8 Å². The molecule has 2 rings (SSSR count). The molecule has 3 nitrogen and oxygen atoms in total. The fourth-order valence-corrected chi connectivity index (χ4v) is 3.83. The van der Waals surface area contributed by atoms with Gasteiger partial charge in [-0.3, -0.25) is 4.90 Å². The SMILES string of the molecule is CCN1CCC(N(C)C2CCCCCCC2O)CC1. The van der Waals surface area contributed by atoms with Crippen LogP contribution in [0.15, 0.2) is 0 Å². The van der Waals surface area contributed by atoms with Gasteiger partial charge in [-0.15, -0.1) is 0 Å². The first-order chi connectivity index (χ1) is 9.22. The lowest BCUT2D eigenvalue weighted by atomic mass is 9.91. The Morgan fingerprint density at radius 1 is 1.00 bits per heavy atom. The number of piperidine rings is 1. The van der Waals surface area contributed by atoms with Crippen molar-refractivity contribution in [1.82, 2.24) is 9.80 Å². The second-order valence-corrected chi connectivity index (χ2v) is 6.46. The van der Waals surface area contributed by atoms with Crippen LogP contribution in [0.1, 0.15) is 58.3 Å². The lowest BCUT2D eigenvalue weighted by Crippen LogP contribution is -2.51. The van der Waals surface area contributed by atoms with Crippen LogP contribution >= 0.6 is 0 Å². The van der Waals surface area contributed by atoms with Gasteiger partial charge in [0.15, 0.2) is 0 Å². The average molecular weight is 268 g/mol. The van der Waals surface area contributed by atoms with Crippen molar-refractivity contribution in [3.63, 3.8) is 0 Å². The van der Waals surface area contributed by atoms with E-state index in [9.17, 15) is 5.11 Å². The predicted octanol–water partition coefficient (Wildman–Crippen LogP) is 2.49. The molecule has 0 aromatic heterocycles. The van der Waals surface area contributed by atoms with E-state index in [4.69, 9.17) is 0 Å². The van der Waals surface area contributed by atoms with Gasteiger partial charge in [-0.2, -0.15) is 0 Å². The van der Waals surface area contributed by atoms with Gasteiger partial charge in [-0.1, -0.05) is 32.6 Å². The van der Waals surface area contributed by atoms with Crippen LogP contribution in [0.25, 0.3) is 0 Å². The highest BCUT2D eigenvalue weighted by Gasteiger charge is 2.30. The molecule has 112 valence electrons. The second kappa shape index (κ2) is 7.61. The lowest BCUT2D eigenvalue weighted by molar-refractivity contribution is 0.00768. The number of nitrogens with zero attached hydrogens (tertiary/aromatic N) is 2. The van der Waals surface area contributed by atoms with Crippen LogP contribution in [-0.2, 0) is 0 Å². The van der Waals surface area contributed by atoms with Crippen molar-refractivity contribution in [1.29, 1.82) is 0 Å². The minimum atomic E-state index is -0.102. The topological polar surface area (TPSA) is 26.7 Å². The van der Waals surface area contributed by atoms with Crippen molar-refractivity contribution >= 4 is 0 Å². The Morgan fingerprint density at radius 3 is 2.26 bits per heavy atom. The van der Waals surface area contributed by atoms with Crippen LogP contribution in [0.5, 0.6) is 0 Å².